The fourth-order valence-corrected chi connectivity index (χ4v) is 1.84. The average molecular weight is 187 g/mol. The molecule has 0 spiro atoms. The van der Waals surface area contributed by atoms with E-state index in [0.29, 0.717) is 22.3 Å². The molecule has 9 heavy (non-hydrogen) atoms. The van der Waals surface area contributed by atoms with Crippen LogP contribution in [0.2, 0.25) is 0 Å². The van der Waals surface area contributed by atoms with E-state index in [1.807, 2.05) is 11.8 Å². The van der Waals surface area contributed by atoms with Gasteiger partial charge in [-0.15, -0.1) is 23.2 Å². The molecule has 0 N–H and O–H groups in total. The summed E-state index contributed by atoms with van der Waals surface area (Å²) in [5, 5.41) is 1.06. The van der Waals surface area contributed by atoms with E-state index in [4.69, 9.17) is 23.2 Å². The molecule has 2 unspecified atom stereocenters. The Morgan fingerprint density at radius 3 is 1.67 bits per heavy atom. The Morgan fingerprint density at radius 2 is 1.44 bits per heavy atom. The third-order valence-corrected chi connectivity index (χ3v) is 3.45. The van der Waals surface area contributed by atoms with Gasteiger partial charge >= 0.3 is 0 Å². The molecule has 0 aliphatic rings. The largest absolute Gasteiger partial charge is 0.153 e. The van der Waals surface area contributed by atoms with Crippen molar-refractivity contribution in [3.63, 3.8) is 0 Å². The van der Waals surface area contributed by atoms with Crippen LogP contribution >= 0.6 is 35.0 Å². The van der Waals surface area contributed by atoms with Gasteiger partial charge in [-0.1, -0.05) is 13.8 Å². The van der Waals surface area contributed by atoms with Gasteiger partial charge in [0.05, 0.1) is 0 Å². The lowest BCUT2D eigenvalue weighted by atomic mass is 10.5. The first-order valence-corrected chi connectivity index (χ1v) is 4.99. The zero-order valence-electron chi connectivity index (χ0n) is 5.73. The highest BCUT2D eigenvalue weighted by molar-refractivity contribution is 8.00. The smallest absolute Gasteiger partial charge is 0.0340 e. The molecule has 0 aliphatic heterocycles. The van der Waals surface area contributed by atoms with Crippen molar-refractivity contribution in [2.24, 2.45) is 0 Å². The first kappa shape index (κ1) is 9.93. The molecule has 56 valence electrons. The number of halogens is 2. The molecule has 0 aliphatic carbocycles. The van der Waals surface area contributed by atoms with Crippen LogP contribution in [0.25, 0.3) is 0 Å². The molecular formula is C6H12Cl2S. The minimum Gasteiger partial charge on any atom is -0.153 e. The molecule has 0 radical (unpaired) electrons. The van der Waals surface area contributed by atoms with E-state index in [-0.39, 0.29) is 0 Å². The molecule has 0 bridgehead atoms. The summed E-state index contributed by atoms with van der Waals surface area (Å²) in [6.07, 6.45) is 0. The molecule has 0 rings (SSSR count). The van der Waals surface area contributed by atoms with Gasteiger partial charge in [-0.05, 0) is 0 Å². The Kier molecular flexibility index (Phi) is 6.28. The highest BCUT2D eigenvalue weighted by Crippen LogP contribution is 2.18. The predicted molar refractivity (Wildman–Crippen MR) is 48.0 cm³/mol. The van der Waals surface area contributed by atoms with Crippen LogP contribution in [0.5, 0.6) is 0 Å². The van der Waals surface area contributed by atoms with Crippen LogP contribution in [0.3, 0.4) is 0 Å². The standard InChI is InChI=1S/C6H12Cl2S/c1-5(3-7)9-6(2)4-8/h5-6H,3-4H2,1-2H3. The summed E-state index contributed by atoms with van der Waals surface area (Å²) in [5.74, 6) is 1.43. The second kappa shape index (κ2) is 5.70. The monoisotopic (exact) mass is 186 g/mol. The van der Waals surface area contributed by atoms with Gasteiger partial charge < -0.3 is 0 Å². The molecule has 0 fully saturated rings. The maximum Gasteiger partial charge on any atom is 0.0340 e. The van der Waals surface area contributed by atoms with E-state index in [1.54, 1.807) is 0 Å². The lowest BCUT2D eigenvalue weighted by molar-refractivity contribution is 1.06. The Hall–Kier alpha value is 0.930. The maximum absolute atomic E-state index is 5.59. The van der Waals surface area contributed by atoms with E-state index in [0.717, 1.165) is 0 Å². The number of hydrogen-bond donors (Lipinski definition) is 0. The van der Waals surface area contributed by atoms with Gasteiger partial charge in [0.15, 0.2) is 0 Å². The fraction of sp³-hybridized carbons (Fsp3) is 1.00. The van der Waals surface area contributed by atoms with Gasteiger partial charge in [-0.3, -0.25) is 0 Å². The van der Waals surface area contributed by atoms with Crippen molar-refractivity contribution in [3.05, 3.63) is 0 Å². The maximum atomic E-state index is 5.59. The number of rotatable bonds is 4. The van der Waals surface area contributed by atoms with E-state index in [1.165, 1.54) is 0 Å². The summed E-state index contributed by atoms with van der Waals surface area (Å²) in [6.45, 7) is 4.22. The van der Waals surface area contributed by atoms with E-state index in [9.17, 15) is 0 Å². The highest BCUT2D eigenvalue weighted by Gasteiger charge is 2.05. The second-order valence-corrected chi connectivity index (χ2v) is 4.56. The zero-order chi connectivity index (χ0) is 7.28. The third-order valence-electron chi connectivity index (χ3n) is 0.899. The van der Waals surface area contributed by atoms with Gasteiger partial charge in [0.25, 0.3) is 0 Å². The van der Waals surface area contributed by atoms with Gasteiger partial charge in [0.1, 0.15) is 0 Å². The summed E-state index contributed by atoms with van der Waals surface area (Å²) in [4.78, 5) is 0. The van der Waals surface area contributed by atoms with Gasteiger partial charge in [-0.2, -0.15) is 11.8 Å². The van der Waals surface area contributed by atoms with Gasteiger partial charge in [0.2, 0.25) is 0 Å². The van der Waals surface area contributed by atoms with Crippen LogP contribution in [0.4, 0.5) is 0 Å². The van der Waals surface area contributed by atoms with E-state index < -0.39 is 0 Å². The normalized spacial score (nSPS) is 17.3. The Labute approximate surface area is 71.3 Å². The van der Waals surface area contributed by atoms with Crippen molar-refractivity contribution in [2.45, 2.75) is 24.3 Å². The topological polar surface area (TPSA) is 0 Å². The summed E-state index contributed by atoms with van der Waals surface area (Å²) >= 11 is 13.0. The van der Waals surface area contributed by atoms with Crippen LogP contribution in [-0.4, -0.2) is 22.3 Å². The second-order valence-electron chi connectivity index (χ2n) is 2.07. The lowest BCUT2D eigenvalue weighted by Crippen LogP contribution is -2.06. The lowest BCUT2D eigenvalue weighted by Gasteiger charge is -2.11. The Balaban J connectivity index is 3.22. The molecule has 0 saturated heterocycles. The molecule has 0 amide bonds. The number of thioether (sulfide) groups is 1. The van der Waals surface area contributed by atoms with E-state index in [2.05, 4.69) is 13.8 Å². The molecule has 0 heterocycles. The summed E-state index contributed by atoms with van der Waals surface area (Å²) < 4.78 is 0. The molecule has 0 aromatic rings. The van der Waals surface area contributed by atoms with Gasteiger partial charge in [-0.25, -0.2) is 0 Å². The Morgan fingerprint density at radius 1 is 1.11 bits per heavy atom. The summed E-state index contributed by atoms with van der Waals surface area (Å²) in [6, 6.07) is 0. The Bertz CT molecular complexity index is 60.1. The van der Waals surface area contributed by atoms with Crippen LogP contribution < -0.4 is 0 Å². The van der Waals surface area contributed by atoms with Crippen molar-refractivity contribution < 1.29 is 0 Å². The molecule has 2 atom stereocenters. The van der Waals surface area contributed by atoms with Crippen molar-refractivity contribution in [1.29, 1.82) is 0 Å². The highest BCUT2D eigenvalue weighted by atomic mass is 35.5. The molecular weight excluding hydrogens is 175 g/mol. The van der Waals surface area contributed by atoms with Gasteiger partial charge in [0, 0.05) is 22.3 Å². The van der Waals surface area contributed by atoms with Crippen molar-refractivity contribution >= 4 is 35.0 Å². The summed E-state index contributed by atoms with van der Waals surface area (Å²) in [5.41, 5.74) is 0. The minimum absolute atomic E-state index is 0.528. The fourth-order valence-electron chi connectivity index (χ4n) is 0.469. The van der Waals surface area contributed by atoms with Crippen molar-refractivity contribution in [3.8, 4) is 0 Å². The van der Waals surface area contributed by atoms with Crippen LogP contribution in [0, 0.1) is 0 Å². The molecule has 0 nitrogen and oxygen atoms in total. The van der Waals surface area contributed by atoms with Crippen LogP contribution in [0.15, 0.2) is 0 Å². The number of hydrogen-bond acceptors (Lipinski definition) is 1. The molecule has 0 aromatic carbocycles. The van der Waals surface area contributed by atoms with Crippen molar-refractivity contribution in [1.82, 2.24) is 0 Å². The first-order chi connectivity index (χ1) is 4.20. The third kappa shape index (κ3) is 5.38. The van der Waals surface area contributed by atoms with Crippen LogP contribution in [0.1, 0.15) is 13.8 Å². The molecule has 0 aromatic heterocycles. The number of alkyl halides is 2. The zero-order valence-corrected chi connectivity index (χ0v) is 8.06. The van der Waals surface area contributed by atoms with E-state index >= 15 is 0 Å². The minimum atomic E-state index is 0.528. The molecule has 0 saturated carbocycles. The summed E-state index contributed by atoms with van der Waals surface area (Å²) in [7, 11) is 0. The molecule has 3 heteroatoms. The SMILES string of the molecule is CC(CCl)SC(C)CCl. The predicted octanol–water partition coefficient (Wildman–Crippen LogP) is 2.97. The van der Waals surface area contributed by atoms with Crippen molar-refractivity contribution in [2.75, 3.05) is 11.8 Å². The first-order valence-electron chi connectivity index (χ1n) is 2.98. The quantitative estimate of drug-likeness (QED) is 0.609. The average Bonchev–Trinajstić information content (AvgIpc) is 1.87. The van der Waals surface area contributed by atoms with Crippen LogP contribution in [-0.2, 0) is 0 Å².